The highest BCUT2D eigenvalue weighted by molar-refractivity contribution is 7.89. The Hall–Kier alpha value is -0.910. The lowest BCUT2D eigenvalue weighted by Crippen LogP contribution is -2.44. The van der Waals surface area contributed by atoms with Gasteiger partial charge in [0.05, 0.1) is 4.90 Å². The minimum Gasteiger partial charge on any atom is -0.330 e. The van der Waals surface area contributed by atoms with Gasteiger partial charge in [-0.1, -0.05) is 24.6 Å². The lowest BCUT2D eigenvalue weighted by Gasteiger charge is -2.37. The van der Waals surface area contributed by atoms with Gasteiger partial charge in [-0.15, -0.1) is 0 Å². The highest BCUT2D eigenvalue weighted by Crippen LogP contribution is 2.32. The van der Waals surface area contributed by atoms with E-state index in [0.717, 1.165) is 18.4 Å². The van der Waals surface area contributed by atoms with Gasteiger partial charge in [0.1, 0.15) is 0 Å². The molecule has 0 amide bonds. The summed E-state index contributed by atoms with van der Waals surface area (Å²) in [5.74, 6) is 0. The van der Waals surface area contributed by atoms with Crippen LogP contribution in [0.25, 0.3) is 0 Å². The first-order valence-corrected chi connectivity index (χ1v) is 8.08. The van der Waals surface area contributed by atoms with Gasteiger partial charge in [0.2, 0.25) is 10.0 Å². The molecule has 1 aromatic rings. The first-order valence-electron chi connectivity index (χ1n) is 6.64. The summed E-state index contributed by atoms with van der Waals surface area (Å²) in [4.78, 5) is 0.384. The molecule has 4 nitrogen and oxygen atoms in total. The first kappa shape index (κ1) is 14.5. The van der Waals surface area contributed by atoms with Crippen LogP contribution in [0.15, 0.2) is 29.2 Å². The van der Waals surface area contributed by atoms with Crippen LogP contribution in [0.4, 0.5) is 0 Å². The molecule has 1 fully saturated rings. The molecule has 5 heteroatoms. The van der Waals surface area contributed by atoms with Crippen molar-refractivity contribution in [3.05, 3.63) is 29.8 Å². The van der Waals surface area contributed by atoms with E-state index in [1.807, 2.05) is 19.1 Å². The van der Waals surface area contributed by atoms with Gasteiger partial charge >= 0.3 is 0 Å². The number of piperidine rings is 1. The van der Waals surface area contributed by atoms with Crippen LogP contribution in [-0.2, 0) is 10.0 Å². The molecule has 0 spiro atoms. The van der Waals surface area contributed by atoms with Gasteiger partial charge in [-0.25, -0.2) is 8.42 Å². The van der Waals surface area contributed by atoms with Gasteiger partial charge in [0, 0.05) is 13.1 Å². The summed E-state index contributed by atoms with van der Waals surface area (Å²) in [7, 11) is -3.34. The van der Waals surface area contributed by atoms with Crippen LogP contribution in [0.5, 0.6) is 0 Å². The van der Waals surface area contributed by atoms with Crippen molar-refractivity contribution in [1.82, 2.24) is 4.31 Å². The van der Waals surface area contributed by atoms with Crippen LogP contribution in [0, 0.1) is 12.3 Å². The number of aryl methyl sites for hydroxylation is 1. The van der Waals surface area contributed by atoms with E-state index in [1.54, 1.807) is 16.4 Å². The molecule has 1 aromatic carbocycles. The minimum atomic E-state index is -3.34. The molecule has 0 saturated carbocycles. The molecule has 1 heterocycles. The van der Waals surface area contributed by atoms with Crippen molar-refractivity contribution in [1.29, 1.82) is 0 Å². The van der Waals surface area contributed by atoms with E-state index in [4.69, 9.17) is 5.73 Å². The van der Waals surface area contributed by atoms with Crippen LogP contribution in [0.1, 0.15) is 25.3 Å². The molecule has 0 atom stereocenters. The summed E-state index contributed by atoms with van der Waals surface area (Å²) in [5.41, 5.74) is 6.90. The Labute approximate surface area is 115 Å². The van der Waals surface area contributed by atoms with Crippen molar-refractivity contribution in [2.45, 2.75) is 31.6 Å². The number of hydrogen-bond donors (Lipinski definition) is 1. The summed E-state index contributed by atoms with van der Waals surface area (Å²) in [5, 5.41) is 0. The lowest BCUT2D eigenvalue weighted by atomic mass is 9.81. The minimum absolute atomic E-state index is 0.0826. The van der Waals surface area contributed by atoms with Gasteiger partial charge in [-0.2, -0.15) is 4.31 Å². The Morgan fingerprint density at radius 3 is 2.21 bits per heavy atom. The Kier molecular flexibility index (Phi) is 3.99. The number of nitrogens with zero attached hydrogens (tertiary/aromatic N) is 1. The highest BCUT2D eigenvalue weighted by Gasteiger charge is 2.34. The fraction of sp³-hybridized carbons (Fsp3) is 0.571. The molecule has 106 valence electrons. The molecule has 2 rings (SSSR count). The molecular formula is C14H22N2O2S. The number of hydrogen-bond acceptors (Lipinski definition) is 3. The monoisotopic (exact) mass is 282 g/mol. The quantitative estimate of drug-likeness (QED) is 0.918. The summed E-state index contributed by atoms with van der Waals surface area (Å²) in [6.07, 6.45) is 1.66. The second-order valence-corrected chi connectivity index (χ2v) is 7.67. The summed E-state index contributed by atoms with van der Waals surface area (Å²) in [6.45, 7) is 5.81. The summed E-state index contributed by atoms with van der Waals surface area (Å²) >= 11 is 0. The number of sulfonamides is 1. The maximum absolute atomic E-state index is 12.5. The average molecular weight is 282 g/mol. The van der Waals surface area contributed by atoms with E-state index in [2.05, 4.69) is 6.92 Å². The third-order valence-corrected chi connectivity index (χ3v) is 5.99. The number of rotatable bonds is 3. The van der Waals surface area contributed by atoms with E-state index >= 15 is 0 Å². The SMILES string of the molecule is Cc1ccc(S(=O)(=O)N2CCC(C)(CN)CC2)cc1. The smallest absolute Gasteiger partial charge is 0.243 e. The zero-order chi connectivity index (χ0) is 14.1. The Morgan fingerprint density at radius 1 is 1.21 bits per heavy atom. The number of nitrogens with two attached hydrogens (primary N) is 1. The van der Waals surface area contributed by atoms with E-state index in [0.29, 0.717) is 24.5 Å². The first-order chi connectivity index (χ1) is 8.87. The van der Waals surface area contributed by atoms with E-state index in [9.17, 15) is 8.42 Å². The third kappa shape index (κ3) is 2.99. The predicted octanol–water partition coefficient (Wildman–Crippen LogP) is 1.74. The van der Waals surface area contributed by atoms with Crippen LogP contribution in [-0.4, -0.2) is 32.4 Å². The molecule has 2 N–H and O–H groups in total. The molecule has 1 saturated heterocycles. The van der Waals surface area contributed by atoms with Crippen LogP contribution < -0.4 is 5.73 Å². The van der Waals surface area contributed by atoms with Crippen molar-refractivity contribution in [3.8, 4) is 0 Å². The second kappa shape index (κ2) is 5.23. The molecule has 19 heavy (non-hydrogen) atoms. The maximum Gasteiger partial charge on any atom is 0.243 e. The van der Waals surface area contributed by atoms with Crippen LogP contribution in [0.3, 0.4) is 0 Å². The topological polar surface area (TPSA) is 63.4 Å². The van der Waals surface area contributed by atoms with Crippen molar-refractivity contribution < 1.29 is 8.42 Å². The van der Waals surface area contributed by atoms with E-state index in [1.165, 1.54) is 0 Å². The highest BCUT2D eigenvalue weighted by atomic mass is 32.2. The molecule has 0 bridgehead atoms. The fourth-order valence-corrected chi connectivity index (χ4v) is 3.77. The van der Waals surface area contributed by atoms with Crippen LogP contribution in [0.2, 0.25) is 0 Å². The van der Waals surface area contributed by atoms with Gasteiger partial charge in [-0.3, -0.25) is 0 Å². The van der Waals surface area contributed by atoms with E-state index < -0.39 is 10.0 Å². The lowest BCUT2D eigenvalue weighted by molar-refractivity contribution is 0.183. The van der Waals surface area contributed by atoms with Gasteiger partial charge in [0.15, 0.2) is 0 Å². The van der Waals surface area contributed by atoms with Crippen molar-refractivity contribution in [3.63, 3.8) is 0 Å². The van der Waals surface area contributed by atoms with Gasteiger partial charge < -0.3 is 5.73 Å². The van der Waals surface area contributed by atoms with Gasteiger partial charge in [-0.05, 0) is 43.9 Å². The van der Waals surface area contributed by atoms with Gasteiger partial charge in [0.25, 0.3) is 0 Å². The molecule has 0 aliphatic carbocycles. The Morgan fingerprint density at radius 2 is 1.74 bits per heavy atom. The van der Waals surface area contributed by atoms with Crippen molar-refractivity contribution >= 4 is 10.0 Å². The Bertz CT molecular complexity index is 529. The summed E-state index contributed by atoms with van der Waals surface area (Å²) in [6, 6.07) is 7.03. The predicted molar refractivity (Wildman–Crippen MR) is 76.3 cm³/mol. The normalized spacial score (nSPS) is 20.4. The van der Waals surface area contributed by atoms with E-state index in [-0.39, 0.29) is 5.41 Å². The molecular weight excluding hydrogens is 260 g/mol. The van der Waals surface area contributed by atoms with Crippen molar-refractivity contribution in [2.24, 2.45) is 11.1 Å². The molecule has 1 aliphatic heterocycles. The van der Waals surface area contributed by atoms with Crippen LogP contribution >= 0.6 is 0 Å². The second-order valence-electron chi connectivity index (χ2n) is 5.73. The Balaban J connectivity index is 2.16. The molecule has 0 unspecified atom stereocenters. The fourth-order valence-electron chi connectivity index (χ4n) is 2.33. The zero-order valence-electron chi connectivity index (χ0n) is 11.6. The largest absolute Gasteiger partial charge is 0.330 e. The average Bonchev–Trinajstić information content (AvgIpc) is 2.40. The molecule has 0 radical (unpaired) electrons. The number of benzene rings is 1. The third-order valence-electron chi connectivity index (χ3n) is 4.08. The molecule has 0 aromatic heterocycles. The molecule has 1 aliphatic rings. The standard InChI is InChI=1S/C14H22N2O2S/c1-12-3-5-13(6-4-12)19(17,18)16-9-7-14(2,11-15)8-10-16/h3-6H,7-11,15H2,1-2H3. The maximum atomic E-state index is 12.5. The zero-order valence-corrected chi connectivity index (χ0v) is 12.4. The van der Waals surface area contributed by atoms with Crippen molar-refractivity contribution in [2.75, 3.05) is 19.6 Å². The summed E-state index contributed by atoms with van der Waals surface area (Å²) < 4.78 is 26.6.